The minimum Gasteiger partial charge on any atom is -0.492 e. The first kappa shape index (κ1) is 17.8. The third kappa shape index (κ3) is 4.70. The van der Waals surface area contributed by atoms with E-state index in [2.05, 4.69) is 15.9 Å². The molecular formula is C17H22BrNO4. The summed E-state index contributed by atoms with van der Waals surface area (Å²) in [5, 5.41) is 9.21. The third-order valence-electron chi connectivity index (χ3n) is 4.25. The summed E-state index contributed by atoms with van der Waals surface area (Å²) in [6.07, 6.45) is 2.38. The fourth-order valence-electron chi connectivity index (χ4n) is 2.94. The zero-order valence-electron chi connectivity index (χ0n) is 13.2. The van der Waals surface area contributed by atoms with Crippen LogP contribution in [0.1, 0.15) is 32.6 Å². The molecule has 1 aromatic rings. The number of amides is 1. The molecule has 0 unspecified atom stereocenters. The second-order valence-corrected chi connectivity index (χ2v) is 6.65. The Kier molecular flexibility index (Phi) is 6.45. The number of carboxylic acid groups (broad SMARTS) is 1. The van der Waals surface area contributed by atoms with Crippen LogP contribution in [0.2, 0.25) is 0 Å². The van der Waals surface area contributed by atoms with Crippen LogP contribution >= 0.6 is 15.9 Å². The zero-order valence-corrected chi connectivity index (χ0v) is 14.8. The van der Waals surface area contributed by atoms with Crippen molar-refractivity contribution < 1.29 is 19.4 Å². The first-order chi connectivity index (χ1) is 11.0. The van der Waals surface area contributed by atoms with E-state index < -0.39 is 11.9 Å². The molecule has 23 heavy (non-hydrogen) atoms. The summed E-state index contributed by atoms with van der Waals surface area (Å²) in [7, 11) is 0. The van der Waals surface area contributed by atoms with Gasteiger partial charge in [0.25, 0.3) is 0 Å². The van der Waals surface area contributed by atoms with Crippen molar-refractivity contribution in [2.24, 2.45) is 5.92 Å². The van der Waals surface area contributed by atoms with Gasteiger partial charge in [-0.15, -0.1) is 0 Å². The van der Waals surface area contributed by atoms with Gasteiger partial charge in [0.15, 0.2) is 0 Å². The lowest BCUT2D eigenvalue weighted by Gasteiger charge is -2.37. The molecule has 0 aromatic heterocycles. The van der Waals surface area contributed by atoms with Gasteiger partial charge in [-0.2, -0.15) is 0 Å². The van der Waals surface area contributed by atoms with Crippen molar-refractivity contribution in [1.82, 2.24) is 4.90 Å². The molecule has 2 atom stereocenters. The molecule has 2 rings (SSSR count). The van der Waals surface area contributed by atoms with Gasteiger partial charge in [-0.1, -0.05) is 12.1 Å². The van der Waals surface area contributed by atoms with Gasteiger partial charge in [0.2, 0.25) is 5.91 Å². The van der Waals surface area contributed by atoms with Gasteiger partial charge in [0.1, 0.15) is 5.75 Å². The molecule has 1 heterocycles. The SMILES string of the molecule is C[C@@H]1[C@H](C(=O)O)CCCN1C(=O)CCCOc1ccccc1Br. The first-order valence-electron chi connectivity index (χ1n) is 7.90. The number of hydrogen-bond acceptors (Lipinski definition) is 3. The number of piperidine rings is 1. The van der Waals surface area contributed by atoms with Crippen molar-refractivity contribution >= 4 is 27.8 Å². The van der Waals surface area contributed by atoms with Crippen molar-refractivity contribution in [3.63, 3.8) is 0 Å². The number of likely N-dealkylation sites (tertiary alicyclic amines) is 1. The summed E-state index contributed by atoms with van der Waals surface area (Å²) in [6.45, 7) is 2.93. The maximum Gasteiger partial charge on any atom is 0.308 e. The van der Waals surface area contributed by atoms with Crippen LogP contribution in [0, 0.1) is 5.92 Å². The molecule has 0 saturated carbocycles. The molecular weight excluding hydrogens is 362 g/mol. The smallest absolute Gasteiger partial charge is 0.308 e. The normalized spacial score (nSPS) is 21.0. The first-order valence-corrected chi connectivity index (χ1v) is 8.69. The Balaban J connectivity index is 1.78. The van der Waals surface area contributed by atoms with Crippen molar-refractivity contribution in [3.8, 4) is 5.75 Å². The molecule has 1 aliphatic heterocycles. The predicted octanol–water partition coefficient (Wildman–Crippen LogP) is 3.32. The molecule has 0 bridgehead atoms. The number of benzene rings is 1. The average molecular weight is 384 g/mol. The standard InChI is InChI=1S/C17H22BrNO4/c1-12-13(17(21)22)6-4-10-19(12)16(20)9-5-11-23-15-8-3-2-7-14(15)18/h2-3,7-8,12-13H,4-6,9-11H2,1H3,(H,21,22)/t12-,13-/m1/s1. The zero-order chi connectivity index (χ0) is 16.8. The molecule has 1 fully saturated rings. The second kappa shape index (κ2) is 8.34. The molecule has 6 heteroatoms. The number of ether oxygens (including phenoxy) is 1. The van der Waals surface area contributed by atoms with Gasteiger partial charge in [-0.3, -0.25) is 9.59 Å². The van der Waals surface area contributed by atoms with Gasteiger partial charge in [-0.25, -0.2) is 0 Å². The summed E-state index contributed by atoms with van der Waals surface area (Å²) in [6, 6.07) is 7.35. The number of nitrogens with zero attached hydrogens (tertiary/aromatic N) is 1. The highest BCUT2D eigenvalue weighted by atomic mass is 79.9. The Morgan fingerprint density at radius 2 is 2.13 bits per heavy atom. The maximum atomic E-state index is 12.3. The number of halogens is 1. The van der Waals surface area contributed by atoms with Gasteiger partial charge in [0.05, 0.1) is 17.0 Å². The monoisotopic (exact) mass is 383 g/mol. The molecule has 0 spiro atoms. The van der Waals surface area contributed by atoms with Crippen molar-refractivity contribution in [3.05, 3.63) is 28.7 Å². The van der Waals surface area contributed by atoms with Crippen LogP contribution in [0.15, 0.2) is 28.7 Å². The molecule has 126 valence electrons. The fourth-order valence-corrected chi connectivity index (χ4v) is 3.34. The number of carbonyl (C=O) groups is 2. The number of aliphatic carboxylic acids is 1. The molecule has 5 nitrogen and oxygen atoms in total. The van der Waals surface area contributed by atoms with Crippen LogP contribution in [0.4, 0.5) is 0 Å². The summed E-state index contributed by atoms with van der Waals surface area (Å²) in [5.74, 6) is -0.493. The quantitative estimate of drug-likeness (QED) is 0.765. The predicted molar refractivity (Wildman–Crippen MR) is 90.4 cm³/mol. The van der Waals surface area contributed by atoms with Crippen LogP contribution in [0.5, 0.6) is 5.75 Å². The van der Waals surface area contributed by atoms with Gasteiger partial charge >= 0.3 is 5.97 Å². The van der Waals surface area contributed by atoms with Gasteiger partial charge < -0.3 is 14.7 Å². The molecule has 0 aliphatic carbocycles. The van der Waals surface area contributed by atoms with E-state index in [1.807, 2.05) is 31.2 Å². The molecule has 1 saturated heterocycles. The van der Waals surface area contributed by atoms with E-state index in [1.54, 1.807) is 4.90 Å². The summed E-state index contributed by atoms with van der Waals surface area (Å²) >= 11 is 3.41. The Bertz CT molecular complexity index is 563. The Hall–Kier alpha value is -1.56. The number of hydrogen-bond donors (Lipinski definition) is 1. The van der Waals surface area contributed by atoms with Crippen LogP contribution in [0.25, 0.3) is 0 Å². The van der Waals surface area contributed by atoms with Crippen LogP contribution in [-0.4, -0.2) is 41.1 Å². The minimum absolute atomic E-state index is 0.0131. The van der Waals surface area contributed by atoms with Crippen LogP contribution in [0.3, 0.4) is 0 Å². The Morgan fingerprint density at radius 1 is 1.39 bits per heavy atom. The van der Waals surface area contributed by atoms with E-state index in [4.69, 9.17) is 4.74 Å². The molecule has 1 aromatic carbocycles. The largest absolute Gasteiger partial charge is 0.492 e. The fraction of sp³-hybridized carbons (Fsp3) is 0.529. The average Bonchev–Trinajstić information content (AvgIpc) is 2.52. The lowest BCUT2D eigenvalue weighted by Crippen LogP contribution is -2.49. The highest BCUT2D eigenvalue weighted by Gasteiger charge is 2.34. The Labute approximate surface area is 144 Å². The summed E-state index contributed by atoms with van der Waals surface area (Å²) < 4.78 is 6.54. The van der Waals surface area contributed by atoms with Crippen LogP contribution in [-0.2, 0) is 9.59 Å². The highest BCUT2D eigenvalue weighted by Crippen LogP contribution is 2.25. The van der Waals surface area contributed by atoms with Crippen LogP contribution < -0.4 is 4.74 Å². The lowest BCUT2D eigenvalue weighted by atomic mass is 9.90. The molecule has 0 radical (unpaired) electrons. The highest BCUT2D eigenvalue weighted by molar-refractivity contribution is 9.10. The maximum absolute atomic E-state index is 12.3. The van der Waals surface area contributed by atoms with Crippen molar-refractivity contribution in [1.29, 1.82) is 0 Å². The third-order valence-corrected chi connectivity index (χ3v) is 4.91. The van der Waals surface area contributed by atoms with E-state index in [0.717, 1.165) is 16.6 Å². The molecule has 1 aliphatic rings. The van der Waals surface area contributed by atoms with E-state index in [9.17, 15) is 14.7 Å². The van der Waals surface area contributed by atoms with Crippen molar-refractivity contribution in [2.75, 3.05) is 13.2 Å². The van der Waals surface area contributed by atoms with Gasteiger partial charge in [0, 0.05) is 19.0 Å². The topological polar surface area (TPSA) is 66.8 Å². The van der Waals surface area contributed by atoms with Gasteiger partial charge in [-0.05, 0) is 54.2 Å². The Morgan fingerprint density at radius 3 is 2.83 bits per heavy atom. The summed E-state index contributed by atoms with van der Waals surface area (Å²) in [4.78, 5) is 25.3. The number of carboxylic acids is 1. The second-order valence-electron chi connectivity index (χ2n) is 5.80. The molecule has 1 amide bonds. The minimum atomic E-state index is -0.813. The summed E-state index contributed by atoms with van der Waals surface area (Å²) in [5.41, 5.74) is 0. The van der Waals surface area contributed by atoms with E-state index >= 15 is 0 Å². The molecule has 1 N–H and O–H groups in total. The van der Waals surface area contributed by atoms with E-state index in [-0.39, 0.29) is 11.9 Å². The van der Waals surface area contributed by atoms with E-state index in [0.29, 0.717) is 32.4 Å². The van der Waals surface area contributed by atoms with E-state index in [1.165, 1.54) is 0 Å². The van der Waals surface area contributed by atoms with Crippen molar-refractivity contribution in [2.45, 2.75) is 38.6 Å². The number of carbonyl (C=O) groups excluding carboxylic acids is 1. The number of rotatable bonds is 6. The lowest BCUT2D eigenvalue weighted by molar-refractivity contribution is -0.149. The number of para-hydroxylation sites is 1.